The number of amides is 1. The summed E-state index contributed by atoms with van der Waals surface area (Å²) in [4.78, 5) is 27.8. The molecule has 3 heterocycles. The first-order valence-electron chi connectivity index (χ1n) is 10.9. The van der Waals surface area contributed by atoms with E-state index in [1.54, 1.807) is 12.4 Å². The zero-order valence-electron chi connectivity index (χ0n) is 18.5. The Balaban J connectivity index is 0.000000406. The van der Waals surface area contributed by atoms with Crippen LogP contribution in [0.1, 0.15) is 37.1 Å². The molecule has 2 aromatic heterocycles. The Labute approximate surface area is 194 Å². The zero-order chi connectivity index (χ0) is 24.6. The number of nitrogens with zero attached hydrogens (tertiary/aromatic N) is 4. The lowest BCUT2D eigenvalue weighted by molar-refractivity contribution is -0.192. The third-order valence-electron chi connectivity index (χ3n) is 5.49. The van der Waals surface area contributed by atoms with Crippen LogP contribution in [0, 0.1) is 0 Å². The van der Waals surface area contributed by atoms with Crippen LogP contribution >= 0.6 is 0 Å². The lowest BCUT2D eigenvalue weighted by Crippen LogP contribution is -2.39. The molecule has 0 spiro atoms. The van der Waals surface area contributed by atoms with Crippen LogP contribution in [0.15, 0.2) is 36.7 Å². The number of aliphatic carboxylic acids is 1. The number of aromatic nitrogens is 3. The predicted molar refractivity (Wildman–Crippen MR) is 112 cm³/mol. The normalized spacial score (nSPS) is 18.6. The van der Waals surface area contributed by atoms with Crippen LogP contribution in [0.5, 0.6) is 0 Å². The summed E-state index contributed by atoms with van der Waals surface area (Å²) in [5.74, 6) is -2.74. The minimum Gasteiger partial charge on any atom is -0.475 e. The van der Waals surface area contributed by atoms with Gasteiger partial charge in [0.25, 0.3) is 0 Å². The Morgan fingerprint density at radius 1 is 1.06 bits per heavy atom. The number of carboxylic acids is 1. The van der Waals surface area contributed by atoms with Crippen LogP contribution in [0.2, 0.25) is 0 Å². The Hall–Kier alpha value is -2.99. The van der Waals surface area contributed by atoms with E-state index < -0.39 is 12.1 Å². The average molecular weight is 484 g/mol. The molecule has 0 bridgehead atoms. The Morgan fingerprint density at radius 2 is 1.79 bits per heavy atom. The van der Waals surface area contributed by atoms with Crippen LogP contribution in [-0.4, -0.2) is 68.2 Å². The molecule has 34 heavy (non-hydrogen) atoms. The lowest BCUT2D eigenvalue weighted by Gasteiger charge is -2.25. The van der Waals surface area contributed by atoms with E-state index >= 15 is 0 Å². The summed E-state index contributed by atoms with van der Waals surface area (Å²) in [6.45, 7) is 2.26. The highest BCUT2D eigenvalue weighted by Gasteiger charge is 2.38. The van der Waals surface area contributed by atoms with Crippen molar-refractivity contribution in [1.82, 2.24) is 19.7 Å². The Kier molecular flexibility index (Phi) is 8.99. The molecule has 1 saturated carbocycles. The van der Waals surface area contributed by atoms with Gasteiger partial charge in [0.05, 0.1) is 43.3 Å². The molecule has 2 aliphatic rings. The molecule has 0 aromatic carbocycles. The van der Waals surface area contributed by atoms with E-state index in [0.717, 1.165) is 24.2 Å². The number of halogens is 3. The fourth-order valence-corrected chi connectivity index (χ4v) is 3.73. The van der Waals surface area contributed by atoms with Gasteiger partial charge >= 0.3 is 12.1 Å². The Morgan fingerprint density at radius 3 is 2.44 bits per heavy atom. The number of alkyl halides is 3. The predicted octanol–water partition coefficient (Wildman–Crippen LogP) is 2.80. The molecular weight excluding hydrogens is 457 g/mol. The highest BCUT2D eigenvalue weighted by molar-refractivity contribution is 5.77. The number of fused-ring (bicyclic) bond motifs is 1. The maximum Gasteiger partial charge on any atom is 0.490 e. The molecule has 1 amide bonds. The smallest absolute Gasteiger partial charge is 0.475 e. The zero-order valence-corrected chi connectivity index (χ0v) is 18.5. The standard InChI is InChI=1S/C20H26N4O3.C2HF3O2/c25-20(15-27-18-6-1-2-7-18)23-11-17-8-10-22-24(17)13-19(12-23)26-14-16-5-3-4-9-21-16;3-2(4,5)1(6)7/h3-5,8-10,18-19H,1-2,6-7,11-15H2;(H,6,7). The fraction of sp³-hybridized carbons (Fsp3) is 0.545. The molecule has 1 N–H and O–H groups in total. The average Bonchev–Trinajstić information content (AvgIpc) is 3.45. The molecule has 12 heteroatoms. The molecule has 9 nitrogen and oxygen atoms in total. The van der Waals surface area contributed by atoms with E-state index in [1.807, 2.05) is 33.8 Å². The van der Waals surface area contributed by atoms with Gasteiger partial charge in [0.15, 0.2) is 0 Å². The summed E-state index contributed by atoms with van der Waals surface area (Å²) in [6.07, 6.45) is 3.08. The van der Waals surface area contributed by atoms with Crippen molar-refractivity contribution in [1.29, 1.82) is 0 Å². The number of hydrogen-bond acceptors (Lipinski definition) is 6. The van der Waals surface area contributed by atoms with Gasteiger partial charge in [-0.15, -0.1) is 0 Å². The number of carbonyl (C=O) groups is 2. The second-order valence-electron chi connectivity index (χ2n) is 8.05. The quantitative estimate of drug-likeness (QED) is 0.672. The highest BCUT2D eigenvalue weighted by atomic mass is 19.4. The molecule has 1 fully saturated rings. The van der Waals surface area contributed by atoms with Crippen LogP contribution < -0.4 is 0 Å². The number of carboxylic acid groups (broad SMARTS) is 1. The highest BCUT2D eigenvalue weighted by Crippen LogP contribution is 2.21. The largest absolute Gasteiger partial charge is 0.490 e. The van der Waals surface area contributed by atoms with Crippen molar-refractivity contribution in [3.8, 4) is 0 Å². The van der Waals surface area contributed by atoms with Crippen LogP contribution in [0.3, 0.4) is 0 Å². The second kappa shape index (κ2) is 11.9. The van der Waals surface area contributed by atoms with Gasteiger partial charge in [0.2, 0.25) is 5.91 Å². The van der Waals surface area contributed by atoms with Crippen molar-refractivity contribution in [2.45, 2.75) is 63.8 Å². The summed E-state index contributed by atoms with van der Waals surface area (Å²) in [5, 5.41) is 11.5. The maximum absolute atomic E-state index is 12.8. The summed E-state index contributed by atoms with van der Waals surface area (Å²) in [5.41, 5.74) is 1.90. The molecule has 1 aliphatic carbocycles. The van der Waals surface area contributed by atoms with Crippen molar-refractivity contribution in [2.24, 2.45) is 0 Å². The topological polar surface area (TPSA) is 107 Å². The van der Waals surface area contributed by atoms with E-state index in [-0.39, 0.29) is 24.7 Å². The van der Waals surface area contributed by atoms with Crippen LogP contribution in [0.4, 0.5) is 13.2 Å². The van der Waals surface area contributed by atoms with Gasteiger partial charge in [-0.05, 0) is 31.0 Å². The number of ether oxygens (including phenoxy) is 2. The SMILES string of the molecule is O=C(COC1CCCC1)N1Cc2ccnn2CC(OCc2ccccn2)C1.O=C(O)C(F)(F)F. The summed E-state index contributed by atoms with van der Waals surface area (Å²) in [6, 6.07) is 7.73. The monoisotopic (exact) mass is 484 g/mol. The summed E-state index contributed by atoms with van der Waals surface area (Å²) in [7, 11) is 0. The number of carbonyl (C=O) groups excluding carboxylic acids is 1. The van der Waals surface area contributed by atoms with Crippen molar-refractivity contribution in [3.05, 3.63) is 48.0 Å². The summed E-state index contributed by atoms with van der Waals surface area (Å²) < 4.78 is 45.6. The molecule has 4 rings (SSSR count). The first-order valence-corrected chi connectivity index (χ1v) is 10.9. The number of hydrogen-bond donors (Lipinski definition) is 1. The van der Waals surface area contributed by atoms with Crippen molar-refractivity contribution < 1.29 is 37.3 Å². The number of pyridine rings is 1. The maximum atomic E-state index is 12.8. The van der Waals surface area contributed by atoms with E-state index in [1.165, 1.54) is 12.8 Å². The third kappa shape index (κ3) is 7.80. The molecule has 1 atom stereocenters. The molecule has 186 valence electrons. The molecule has 2 aromatic rings. The minimum atomic E-state index is -5.08. The van der Waals surface area contributed by atoms with Gasteiger partial charge in [-0.3, -0.25) is 14.5 Å². The molecule has 0 saturated heterocycles. The second-order valence-corrected chi connectivity index (χ2v) is 8.05. The van der Waals surface area contributed by atoms with Gasteiger partial charge in [-0.25, -0.2) is 4.79 Å². The van der Waals surface area contributed by atoms with E-state index in [0.29, 0.717) is 26.2 Å². The van der Waals surface area contributed by atoms with Crippen LogP contribution in [0.25, 0.3) is 0 Å². The first kappa shape index (κ1) is 25.6. The lowest BCUT2D eigenvalue weighted by atomic mass is 10.3. The first-order chi connectivity index (χ1) is 16.2. The van der Waals surface area contributed by atoms with Gasteiger partial charge in [-0.2, -0.15) is 18.3 Å². The van der Waals surface area contributed by atoms with E-state index in [9.17, 15) is 18.0 Å². The molecular formula is C22H27F3N4O5. The molecule has 0 radical (unpaired) electrons. The van der Waals surface area contributed by atoms with Crippen molar-refractivity contribution in [3.63, 3.8) is 0 Å². The van der Waals surface area contributed by atoms with E-state index in [4.69, 9.17) is 19.4 Å². The van der Waals surface area contributed by atoms with Crippen molar-refractivity contribution in [2.75, 3.05) is 13.2 Å². The van der Waals surface area contributed by atoms with E-state index in [2.05, 4.69) is 10.1 Å². The summed E-state index contributed by atoms with van der Waals surface area (Å²) >= 11 is 0. The molecule has 1 unspecified atom stereocenters. The van der Waals surface area contributed by atoms with Gasteiger partial charge in [-0.1, -0.05) is 18.9 Å². The van der Waals surface area contributed by atoms with Gasteiger partial charge in [0, 0.05) is 18.9 Å². The number of rotatable bonds is 6. The fourth-order valence-electron chi connectivity index (χ4n) is 3.73. The Bertz CT molecular complexity index is 932. The van der Waals surface area contributed by atoms with Crippen molar-refractivity contribution >= 4 is 11.9 Å². The van der Waals surface area contributed by atoms with Crippen LogP contribution in [-0.2, 0) is 38.8 Å². The van der Waals surface area contributed by atoms with Gasteiger partial charge < -0.3 is 19.5 Å². The molecule has 1 aliphatic heterocycles. The van der Waals surface area contributed by atoms with Gasteiger partial charge in [0.1, 0.15) is 6.61 Å². The minimum absolute atomic E-state index is 0.0167. The third-order valence-corrected chi connectivity index (χ3v) is 5.49.